The Bertz CT molecular complexity index is 2860. The normalized spacial score (nSPS) is 11.2. The van der Waals surface area contributed by atoms with Crippen molar-refractivity contribution < 1.29 is 0 Å². The molecule has 0 aliphatic rings. The molecular weight excluding hydrogens is 681 g/mol. The van der Waals surface area contributed by atoms with E-state index < -0.39 is 0 Å². The first-order valence-electron chi connectivity index (χ1n) is 18.8. The zero-order chi connectivity index (χ0) is 37.3. The van der Waals surface area contributed by atoms with Gasteiger partial charge in [-0.25, -0.2) is 19.9 Å². The van der Waals surface area contributed by atoms with Crippen molar-refractivity contribution in [2.45, 2.75) is 0 Å². The molecule has 8 aromatic carbocycles. The molecule has 0 radical (unpaired) electrons. The summed E-state index contributed by atoms with van der Waals surface area (Å²) in [5, 5.41) is 3.24. The fourth-order valence-corrected chi connectivity index (χ4v) is 7.53. The largest absolute Gasteiger partial charge is 0.248 e. The molecule has 0 unspecified atom stereocenters. The Hall–Kier alpha value is -7.56. The second-order valence-electron chi connectivity index (χ2n) is 13.8. The Morgan fingerprint density at radius 2 is 0.696 bits per heavy atom. The van der Waals surface area contributed by atoms with Crippen LogP contribution in [0.3, 0.4) is 0 Å². The number of aromatic nitrogens is 4. The lowest BCUT2D eigenvalue weighted by atomic mass is 9.93. The molecule has 56 heavy (non-hydrogen) atoms. The number of hydrogen-bond acceptors (Lipinski definition) is 4. The van der Waals surface area contributed by atoms with Crippen LogP contribution >= 0.6 is 0 Å². The van der Waals surface area contributed by atoms with Crippen LogP contribution in [0.5, 0.6) is 0 Å². The fraction of sp³-hybridized carbons (Fsp3) is 0. The lowest BCUT2D eigenvalue weighted by Crippen LogP contribution is -2.01. The van der Waals surface area contributed by atoms with Gasteiger partial charge in [0.15, 0.2) is 17.5 Å². The maximum absolute atomic E-state index is 5.21. The fourth-order valence-electron chi connectivity index (χ4n) is 7.53. The van der Waals surface area contributed by atoms with E-state index in [1.807, 2.05) is 18.2 Å². The molecule has 0 bridgehead atoms. The van der Waals surface area contributed by atoms with Crippen LogP contribution in [0.2, 0.25) is 0 Å². The molecule has 0 saturated carbocycles. The van der Waals surface area contributed by atoms with Crippen molar-refractivity contribution in [3.05, 3.63) is 206 Å². The Kier molecular flexibility index (Phi) is 8.47. The quantitative estimate of drug-likeness (QED) is 0.154. The average molecular weight is 715 g/mol. The van der Waals surface area contributed by atoms with Gasteiger partial charge in [-0.1, -0.05) is 194 Å². The van der Waals surface area contributed by atoms with Crippen molar-refractivity contribution in [1.29, 1.82) is 0 Å². The molecule has 0 N–H and O–H groups in total. The number of pyridine rings is 1. The lowest BCUT2D eigenvalue weighted by Gasteiger charge is -2.15. The zero-order valence-corrected chi connectivity index (χ0v) is 30.4. The topological polar surface area (TPSA) is 51.6 Å². The Morgan fingerprint density at radius 1 is 0.250 bits per heavy atom. The maximum Gasteiger partial charge on any atom is 0.164 e. The number of rotatable bonds is 7. The molecule has 0 aliphatic heterocycles. The summed E-state index contributed by atoms with van der Waals surface area (Å²) in [4.78, 5) is 20.7. The third-order valence-corrected chi connectivity index (χ3v) is 10.4. The summed E-state index contributed by atoms with van der Waals surface area (Å²) < 4.78 is 0. The standard InChI is InChI=1S/C52H34N4/c1-5-14-35(15-6-1)37-24-28-41(29-25-37)50-54-51(42-30-26-38(27-31-42)36-16-7-2-8-17-36)56-52(55-50)45-23-13-22-44-43(45)32-33-47-49(44)46(39-18-9-3-10-19-39)34-48(53-47)40-20-11-4-12-21-40/h1-34H. The van der Waals surface area contributed by atoms with Crippen molar-refractivity contribution in [3.8, 4) is 78.8 Å². The molecule has 0 fully saturated rings. The Labute approximate surface area is 325 Å². The first-order valence-corrected chi connectivity index (χ1v) is 18.8. The monoisotopic (exact) mass is 714 g/mol. The van der Waals surface area contributed by atoms with Gasteiger partial charge in [-0.05, 0) is 56.3 Å². The van der Waals surface area contributed by atoms with Gasteiger partial charge in [0.2, 0.25) is 0 Å². The third-order valence-electron chi connectivity index (χ3n) is 10.4. The predicted octanol–water partition coefficient (Wildman–Crippen LogP) is 13.2. The SMILES string of the molecule is c1ccc(-c2ccc(-c3nc(-c4ccc(-c5ccccc5)cc4)nc(-c4cccc5c4ccc4nc(-c6ccccc6)cc(-c6ccccc6)c45)n3)cc2)cc1. The molecule has 0 saturated heterocycles. The first-order chi connectivity index (χ1) is 27.7. The summed E-state index contributed by atoms with van der Waals surface area (Å²) in [5.74, 6) is 1.85. The smallest absolute Gasteiger partial charge is 0.164 e. The summed E-state index contributed by atoms with van der Waals surface area (Å²) in [6, 6.07) is 71.6. The third kappa shape index (κ3) is 6.29. The molecule has 0 aliphatic carbocycles. The molecule has 0 spiro atoms. The van der Waals surface area contributed by atoms with Gasteiger partial charge in [0, 0.05) is 27.6 Å². The van der Waals surface area contributed by atoms with Crippen LogP contribution in [-0.4, -0.2) is 19.9 Å². The minimum atomic E-state index is 0.615. The summed E-state index contributed by atoms with van der Waals surface area (Å²) in [6.07, 6.45) is 0. The van der Waals surface area contributed by atoms with E-state index in [2.05, 4.69) is 188 Å². The Morgan fingerprint density at radius 3 is 1.23 bits per heavy atom. The van der Waals surface area contributed by atoms with E-state index in [0.29, 0.717) is 17.5 Å². The van der Waals surface area contributed by atoms with Crippen molar-refractivity contribution in [2.75, 3.05) is 0 Å². The predicted molar refractivity (Wildman–Crippen MR) is 231 cm³/mol. The van der Waals surface area contributed by atoms with Gasteiger partial charge in [0.05, 0.1) is 11.2 Å². The van der Waals surface area contributed by atoms with Crippen LogP contribution in [0.15, 0.2) is 206 Å². The lowest BCUT2D eigenvalue weighted by molar-refractivity contribution is 1.08. The van der Waals surface area contributed by atoms with Gasteiger partial charge in [-0.15, -0.1) is 0 Å². The molecule has 0 amide bonds. The van der Waals surface area contributed by atoms with Gasteiger partial charge in [0.1, 0.15) is 0 Å². The molecular formula is C52H34N4. The molecule has 4 nitrogen and oxygen atoms in total. The van der Waals surface area contributed by atoms with Crippen LogP contribution in [0, 0.1) is 0 Å². The number of fused-ring (bicyclic) bond motifs is 3. The van der Waals surface area contributed by atoms with Crippen LogP contribution < -0.4 is 0 Å². The number of benzene rings is 8. The molecule has 2 aromatic heterocycles. The number of hydrogen-bond donors (Lipinski definition) is 0. The number of nitrogens with zero attached hydrogens (tertiary/aromatic N) is 4. The second-order valence-corrected chi connectivity index (χ2v) is 13.8. The van der Waals surface area contributed by atoms with Crippen LogP contribution in [0.1, 0.15) is 0 Å². The van der Waals surface area contributed by atoms with E-state index in [1.165, 1.54) is 0 Å². The van der Waals surface area contributed by atoms with E-state index in [1.54, 1.807) is 0 Å². The minimum absolute atomic E-state index is 0.615. The molecule has 0 atom stereocenters. The Balaban J connectivity index is 1.16. The summed E-state index contributed by atoms with van der Waals surface area (Å²) in [6.45, 7) is 0. The molecule has 262 valence electrons. The molecule has 4 heteroatoms. The highest BCUT2D eigenvalue weighted by Crippen LogP contribution is 2.39. The van der Waals surface area contributed by atoms with Crippen molar-refractivity contribution >= 4 is 21.7 Å². The minimum Gasteiger partial charge on any atom is -0.248 e. The summed E-state index contributed by atoms with van der Waals surface area (Å²) in [7, 11) is 0. The maximum atomic E-state index is 5.21. The van der Waals surface area contributed by atoms with E-state index in [-0.39, 0.29) is 0 Å². The summed E-state index contributed by atoms with van der Waals surface area (Å²) >= 11 is 0. The van der Waals surface area contributed by atoms with Crippen LogP contribution in [0.4, 0.5) is 0 Å². The summed E-state index contributed by atoms with van der Waals surface area (Å²) in [5.41, 5.74) is 12.6. The van der Waals surface area contributed by atoms with Gasteiger partial charge in [0.25, 0.3) is 0 Å². The van der Waals surface area contributed by atoms with E-state index in [9.17, 15) is 0 Å². The van der Waals surface area contributed by atoms with Gasteiger partial charge < -0.3 is 0 Å². The van der Waals surface area contributed by atoms with E-state index in [0.717, 1.165) is 83.0 Å². The van der Waals surface area contributed by atoms with Crippen molar-refractivity contribution in [3.63, 3.8) is 0 Å². The highest BCUT2D eigenvalue weighted by Gasteiger charge is 2.18. The van der Waals surface area contributed by atoms with Crippen LogP contribution in [0.25, 0.3) is 100 Å². The van der Waals surface area contributed by atoms with Gasteiger partial charge >= 0.3 is 0 Å². The van der Waals surface area contributed by atoms with E-state index >= 15 is 0 Å². The van der Waals surface area contributed by atoms with Gasteiger partial charge in [-0.2, -0.15) is 0 Å². The van der Waals surface area contributed by atoms with Gasteiger partial charge in [-0.3, -0.25) is 0 Å². The zero-order valence-electron chi connectivity index (χ0n) is 30.4. The molecule has 10 rings (SSSR count). The second kappa shape index (κ2) is 14.3. The van der Waals surface area contributed by atoms with Crippen molar-refractivity contribution in [1.82, 2.24) is 19.9 Å². The highest BCUT2D eigenvalue weighted by atomic mass is 15.0. The molecule has 10 aromatic rings. The average Bonchev–Trinajstić information content (AvgIpc) is 3.29. The highest BCUT2D eigenvalue weighted by molar-refractivity contribution is 6.16. The first kappa shape index (κ1) is 33.0. The molecule has 2 heterocycles. The van der Waals surface area contributed by atoms with Crippen LogP contribution in [-0.2, 0) is 0 Å². The van der Waals surface area contributed by atoms with Crippen molar-refractivity contribution in [2.24, 2.45) is 0 Å². The van der Waals surface area contributed by atoms with E-state index in [4.69, 9.17) is 19.9 Å².